The van der Waals surface area contributed by atoms with Gasteiger partial charge in [-0.25, -0.2) is 4.99 Å². The summed E-state index contributed by atoms with van der Waals surface area (Å²) in [4.78, 5) is 31.8. The molecule has 0 aromatic heterocycles. The zero-order valence-electron chi connectivity index (χ0n) is 7.40. The summed E-state index contributed by atoms with van der Waals surface area (Å²) in [5, 5.41) is 17.9. The Kier molecular flexibility index (Phi) is 3.21. The van der Waals surface area contributed by atoms with Gasteiger partial charge >= 0.3 is 0 Å². The first-order valence-corrected chi connectivity index (χ1v) is 3.74. The summed E-state index contributed by atoms with van der Waals surface area (Å²) in [6.45, 7) is -0.969. The number of rotatable bonds is 6. The van der Waals surface area contributed by atoms with Crippen LogP contribution in [0.2, 0.25) is 0 Å². The summed E-state index contributed by atoms with van der Waals surface area (Å²) in [7, 11) is 0. The lowest BCUT2D eigenvalue weighted by molar-refractivity contribution is -0.768. The van der Waals surface area contributed by atoms with Crippen LogP contribution in [0.1, 0.15) is 0 Å². The molecule has 0 aromatic rings. The number of hydrogen-bond acceptors (Lipinski definition) is 8. The molecule has 15 heavy (non-hydrogen) atoms. The van der Waals surface area contributed by atoms with E-state index in [9.17, 15) is 20.2 Å². The van der Waals surface area contributed by atoms with Crippen LogP contribution in [0, 0.1) is 20.2 Å². The van der Waals surface area contributed by atoms with Gasteiger partial charge in [0.05, 0.1) is 0 Å². The van der Waals surface area contributed by atoms with Crippen molar-refractivity contribution in [2.24, 2.45) is 4.99 Å². The maximum absolute atomic E-state index is 9.95. The normalized spacial score (nSPS) is 16.8. The molecule has 0 saturated carbocycles. The van der Waals surface area contributed by atoms with E-state index in [1.807, 2.05) is 0 Å². The Morgan fingerprint density at radius 1 is 1.33 bits per heavy atom. The van der Waals surface area contributed by atoms with E-state index in [1.165, 1.54) is 0 Å². The first-order chi connectivity index (χ1) is 7.04. The Morgan fingerprint density at radius 2 is 1.87 bits per heavy atom. The predicted molar refractivity (Wildman–Crippen MR) is 43.1 cm³/mol. The van der Waals surface area contributed by atoms with E-state index in [4.69, 9.17) is 4.74 Å². The Morgan fingerprint density at radius 3 is 2.20 bits per heavy atom. The molecule has 0 atom stereocenters. The van der Waals surface area contributed by atoms with E-state index in [0.29, 0.717) is 0 Å². The molecule has 0 aliphatic carbocycles. The molecule has 0 amide bonds. The van der Waals surface area contributed by atoms with Crippen LogP contribution in [0.25, 0.3) is 0 Å². The Labute approximate surface area is 82.6 Å². The molecule has 0 spiro atoms. The molecule has 1 heterocycles. The van der Waals surface area contributed by atoms with Crippen molar-refractivity contribution in [3.8, 4) is 0 Å². The average Bonchev–Trinajstić information content (AvgIpc) is 2.61. The topological polar surface area (TPSA) is 126 Å². The first-order valence-electron chi connectivity index (χ1n) is 3.74. The fraction of sp³-hybridized carbons (Fsp3) is 0.800. The summed E-state index contributed by atoms with van der Waals surface area (Å²) in [5.41, 5.74) is -1.22. The standard InChI is InChI=1S/C5H7N3O7/c9-7(10)14-2-5(1-13-4-6-5)3-15-8(11)12/h4H,1-3H2. The van der Waals surface area contributed by atoms with Crippen LogP contribution >= 0.6 is 0 Å². The molecule has 0 aromatic carbocycles. The van der Waals surface area contributed by atoms with Crippen LogP contribution in [-0.4, -0.2) is 41.9 Å². The fourth-order valence-electron chi connectivity index (χ4n) is 0.924. The Balaban J connectivity index is 2.50. The molecule has 0 unspecified atom stereocenters. The van der Waals surface area contributed by atoms with Gasteiger partial charge in [0.2, 0.25) is 0 Å². The van der Waals surface area contributed by atoms with Crippen molar-refractivity contribution in [1.29, 1.82) is 0 Å². The van der Waals surface area contributed by atoms with Crippen LogP contribution < -0.4 is 0 Å². The number of hydrogen-bond donors (Lipinski definition) is 0. The van der Waals surface area contributed by atoms with Crippen molar-refractivity contribution >= 4 is 6.40 Å². The van der Waals surface area contributed by atoms with Crippen molar-refractivity contribution < 1.29 is 24.6 Å². The van der Waals surface area contributed by atoms with E-state index in [1.54, 1.807) is 0 Å². The van der Waals surface area contributed by atoms with Crippen molar-refractivity contribution in [2.75, 3.05) is 19.8 Å². The number of nitrogens with zero attached hydrogens (tertiary/aromatic N) is 3. The summed E-state index contributed by atoms with van der Waals surface area (Å²) in [6.07, 6.45) is 1.05. The van der Waals surface area contributed by atoms with Crippen LogP contribution in [0.15, 0.2) is 4.99 Å². The van der Waals surface area contributed by atoms with Gasteiger partial charge in [-0.2, -0.15) is 0 Å². The third kappa shape index (κ3) is 3.25. The molecule has 0 N–H and O–H groups in total. The summed E-state index contributed by atoms with van der Waals surface area (Å²) >= 11 is 0. The number of ether oxygens (including phenoxy) is 1. The molecule has 84 valence electrons. The predicted octanol–water partition coefficient (Wildman–Crippen LogP) is -0.800. The van der Waals surface area contributed by atoms with Crippen LogP contribution in [0.5, 0.6) is 0 Å². The van der Waals surface area contributed by atoms with Gasteiger partial charge in [0.1, 0.15) is 25.4 Å². The van der Waals surface area contributed by atoms with Gasteiger partial charge in [0.25, 0.3) is 10.2 Å². The minimum Gasteiger partial charge on any atom is -0.481 e. The third-order valence-corrected chi connectivity index (χ3v) is 1.63. The molecular formula is C5H7N3O7. The van der Waals surface area contributed by atoms with Gasteiger partial charge in [-0.1, -0.05) is 0 Å². The molecule has 0 saturated heterocycles. The second-order valence-corrected chi connectivity index (χ2v) is 2.76. The molecule has 0 fully saturated rings. The van der Waals surface area contributed by atoms with Gasteiger partial charge in [0, 0.05) is 0 Å². The molecule has 10 nitrogen and oxygen atoms in total. The Hall–Kier alpha value is -2.13. The highest BCUT2D eigenvalue weighted by atomic mass is 17.0. The van der Waals surface area contributed by atoms with Crippen molar-refractivity contribution in [3.63, 3.8) is 0 Å². The second kappa shape index (κ2) is 4.39. The second-order valence-electron chi connectivity index (χ2n) is 2.76. The average molecular weight is 221 g/mol. The maximum atomic E-state index is 9.95. The van der Waals surface area contributed by atoms with Crippen LogP contribution in [-0.2, 0) is 14.4 Å². The van der Waals surface area contributed by atoms with Crippen molar-refractivity contribution in [2.45, 2.75) is 5.54 Å². The van der Waals surface area contributed by atoms with Gasteiger partial charge in [-0.3, -0.25) is 0 Å². The van der Waals surface area contributed by atoms with Crippen molar-refractivity contribution in [3.05, 3.63) is 20.2 Å². The molecule has 1 rings (SSSR count). The van der Waals surface area contributed by atoms with Crippen LogP contribution in [0.3, 0.4) is 0 Å². The zero-order valence-corrected chi connectivity index (χ0v) is 7.40. The van der Waals surface area contributed by atoms with E-state index in [2.05, 4.69) is 14.7 Å². The van der Waals surface area contributed by atoms with Crippen LogP contribution in [0.4, 0.5) is 0 Å². The molecule has 10 heteroatoms. The molecule has 1 aliphatic heterocycles. The summed E-state index contributed by atoms with van der Waals surface area (Å²) in [6, 6.07) is 0. The van der Waals surface area contributed by atoms with E-state index >= 15 is 0 Å². The van der Waals surface area contributed by atoms with E-state index in [0.717, 1.165) is 6.40 Å². The zero-order chi connectivity index (χ0) is 11.3. The molecule has 1 aliphatic rings. The maximum Gasteiger partial charge on any atom is 0.294 e. The number of aliphatic imine (C=N–C) groups is 1. The molecule has 0 bridgehead atoms. The van der Waals surface area contributed by atoms with Gasteiger partial charge in [-0.15, -0.1) is 20.2 Å². The highest BCUT2D eigenvalue weighted by Gasteiger charge is 2.36. The monoisotopic (exact) mass is 221 g/mol. The SMILES string of the molecule is O=[N+]([O-])OCC1(CO[N+](=O)[O-])COC=N1. The molecule has 0 radical (unpaired) electrons. The lowest BCUT2D eigenvalue weighted by Crippen LogP contribution is -2.41. The van der Waals surface area contributed by atoms with E-state index in [-0.39, 0.29) is 6.61 Å². The highest BCUT2D eigenvalue weighted by molar-refractivity contribution is 5.50. The van der Waals surface area contributed by atoms with E-state index < -0.39 is 28.9 Å². The minimum atomic E-state index is -1.22. The largest absolute Gasteiger partial charge is 0.481 e. The smallest absolute Gasteiger partial charge is 0.294 e. The quantitative estimate of drug-likeness (QED) is 0.424. The molecular weight excluding hydrogens is 214 g/mol. The first kappa shape index (κ1) is 10.9. The summed E-state index contributed by atoms with van der Waals surface area (Å²) in [5.74, 6) is 0. The van der Waals surface area contributed by atoms with Gasteiger partial charge < -0.3 is 14.4 Å². The highest BCUT2D eigenvalue weighted by Crippen LogP contribution is 2.17. The minimum absolute atomic E-state index is 0.0608. The van der Waals surface area contributed by atoms with Crippen molar-refractivity contribution in [1.82, 2.24) is 0 Å². The summed E-state index contributed by atoms with van der Waals surface area (Å²) < 4.78 is 4.73. The lowest BCUT2D eigenvalue weighted by Gasteiger charge is -2.20. The Bertz CT molecular complexity index is 272. The lowest BCUT2D eigenvalue weighted by atomic mass is 10.1. The van der Waals surface area contributed by atoms with Gasteiger partial charge in [-0.05, 0) is 0 Å². The third-order valence-electron chi connectivity index (χ3n) is 1.63. The van der Waals surface area contributed by atoms with Gasteiger partial charge in [0.15, 0.2) is 6.40 Å². The fourth-order valence-corrected chi connectivity index (χ4v) is 0.924.